The third-order valence-corrected chi connectivity index (χ3v) is 6.22. The third kappa shape index (κ3) is 3.62. The predicted octanol–water partition coefficient (Wildman–Crippen LogP) is 4.45. The van der Waals surface area contributed by atoms with Gasteiger partial charge in [0.1, 0.15) is 17.2 Å². The van der Waals surface area contributed by atoms with Crippen LogP contribution >= 0.6 is 11.3 Å². The van der Waals surface area contributed by atoms with Crippen molar-refractivity contribution in [1.82, 2.24) is 14.5 Å². The number of thiazole rings is 1. The number of amides is 1. The molecule has 152 valence electrons. The van der Waals surface area contributed by atoms with E-state index in [0.717, 1.165) is 52.7 Å². The first-order valence-electron chi connectivity index (χ1n) is 9.63. The van der Waals surface area contributed by atoms with E-state index < -0.39 is 0 Å². The molecule has 1 saturated heterocycles. The molecule has 0 bridgehead atoms. The van der Waals surface area contributed by atoms with Crippen molar-refractivity contribution in [3.8, 4) is 22.8 Å². The number of ether oxygens (including phenoxy) is 2. The summed E-state index contributed by atoms with van der Waals surface area (Å²) in [4.78, 5) is 20.0. The van der Waals surface area contributed by atoms with E-state index in [9.17, 15) is 4.79 Å². The lowest BCUT2D eigenvalue weighted by atomic mass is 10.0. The summed E-state index contributed by atoms with van der Waals surface area (Å²) >= 11 is 1.61. The van der Waals surface area contributed by atoms with E-state index in [2.05, 4.69) is 4.98 Å². The number of aromatic nitrogens is 2. The second-order valence-electron chi connectivity index (χ2n) is 7.24. The highest BCUT2D eigenvalue weighted by Crippen LogP contribution is 2.40. The molecule has 3 aromatic rings. The minimum absolute atomic E-state index is 0.0260. The van der Waals surface area contributed by atoms with Crippen LogP contribution in [0.4, 0.5) is 0 Å². The van der Waals surface area contributed by atoms with Gasteiger partial charge in [-0.25, -0.2) is 4.98 Å². The molecule has 0 spiro atoms. The van der Waals surface area contributed by atoms with E-state index in [1.54, 1.807) is 25.6 Å². The van der Waals surface area contributed by atoms with Crippen molar-refractivity contribution in [2.24, 2.45) is 7.05 Å². The van der Waals surface area contributed by atoms with Crippen LogP contribution < -0.4 is 9.47 Å². The molecule has 3 heterocycles. The second kappa shape index (κ2) is 7.91. The highest BCUT2D eigenvalue weighted by Gasteiger charge is 2.34. The molecule has 1 fully saturated rings. The lowest BCUT2D eigenvalue weighted by Gasteiger charge is -2.27. The number of nitrogens with zero attached hydrogens (tertiary/aromatic N) is 3. The Morgan fingerprint density at radius 3 is 2.76 bits per heavy atom. The quantitative estimate of drug-likeness (QED) is 0.622. The number of benzene rings is 1. The van der Waals surface area contributed by atoms with Gasteiger partial charge in [-0.1, -0.05) is 0 Å². The van der Waals surface area contributed by atoms with Crippen molar-refractivity contribution in [2.45, 2.75) is 25.8 Å². The normalized spacial score (nSPS) is 16.3. The number of likely N-dealkylation sites (tertiary alicyclic amines) is 1. The van der Waals surface area contributed by atoms with Crippen LogP contribution in [0.2, 0.25) is 0 Å². The van der Waals surface area contributed by atoms with Crippen LogP contribution in [0.15, 0.2) is 35.8 Å². The van der Waals surface area contributed by atoms with E-state index in [4.69, 9.17) is 9.47 Å². The Labute approximate surface area is 174 Å². The van der Waals surface area contributed by atoms with Gasteiger partial charge in [-0.05, 0) is 44.0 Å². The first-order chi connectivity index (χ1) is 14.0. The van der Waals surface area contributed by atoms with Gasteiger partial charge in [0.05, 0.1) is 31.0 Å². The van der Waals surface area contributed by atoms with Gasteiger partial charge < -0.3 is 18.9 Å². The Morgan fingerprint density at radius 2 is 2.07 bits per heavy atom. The predicted molar refractivity (Wildman–Crippen MR) is 114 cm³/mol. The van der Waals surface area contributed by atoms with Crippen LogP contribution in [0.3, 0.4) is 0 Å². The average molecular weight is 412 g/mol. The monoisotopic (exact) mass is 411 g/mol. The van der Waals surface area contributed by atoms with Crippen LogP contribution in [0.25, 0.3) is 11.3 Å². The molecule has 1 aliphatic rings. The average Bonchev–Trinajstić information content (AvgIpc) is 3.46. The molecule has 0 aliphatic carbocycles. The van der Waals surface area contributed by atoms with Gasteiger partial charge >= 0.3 is 0 Å². The summed E-state index contributed by atoms with van der Waals surface area (Å²) in [6.45, 7) is 2.71. The fourth-order valence-electron chi connectivity index (χ4n) is 3.99. The first-order valence-corrected chi connectivity index (χ1v) is 10.5. The van der Waals surface area contributed by atoms with Gasteiger partial charge in [-0.2, -0.15) is 0 Å². The van der Waals surface area contributed by atoms with Crippen molar-refractivity contribution < 1.29 is 14.3 Å². The van der Waals surface area contributed by atoms with Crippen molar-refractivity contribution >= 4 is 17.2 Å². The summed E-state index contributed by atoms with van der Waals surface area (Å²) in [5.74, 6) is 1.57. The van der Waals surface area contributed by atoms with E-state index in [1.165, 1.54) is 0 Å². The maximum atomic E-state index is 13.5. The Hall–Kier alpha value is -2.80. The van der Waals surface area contributed by atoms with Crippen molar-refractivity contribution in [3.05, 3.63) is 52.1 Å². The highest BCUT2D eigenvalue weighted by atomic mass is 32.1. The molecular weight excluding hydrogens is 386 g/mol. The number of carbonyl (C=O) groups excluding carboxylic acids is 1. The molecule has 1 aliphatic heterocycles. The first kappa shape index (κ1) is 19.5. The second-order valence-corrected chi connectivity index (χ2v) is 8.30. The molecule has 2 aromatic heterocycles. The summed E-state index contributed by atoms with van der Waals surface area (Å²) in [5, 5.41) is 3.04. The summed E-state index contributed by atoms with van der Waals surface area (Å²) in [6, 6.07) is 7.66. The Balaban J connectivity index is 1.66. The standard InChI is InChI=1S/C22H25N3O3S/c1-14-23-18(13-29-14)15-10-20(24(2)12-15)22(26)25-9-5-6-19(25)17-11-16(27-3)7-8-21(17)28-4/h7-8,10-13,19H,5-6,9H2,1-4H3/t19-/m1/s1. The molecule has 0 unspecified atom stereocenters. The number of hydrogen-bond acceptors (Lipinski definition) is 5. The molecule has 29 heavy (non-hydrogen) atoms. The van der Waals surface area contributed by atoms with Crippen LogP contribution in [0, 0.1) is 6.92 Å². The molecule has 1 aromatic carbocycles. The minimum atomic E-state index is -0.0348. The minimum Gasteiger partial charge on any atom is -0.497 e. The van der Waals surface area contributed by atoms with Crippen molar-refractivity contribution in [2.75, 3.05) is 20.8 Å². The van der Waals surface area contributed by atoms with E-state index in [0.29, 0.717) is 5.69 Å². The molecule has 0 N–H and O–H groups in total. The lowest BCUT2D eigenvalue weighted by Crippen LogP contribution is -2.32. The van der Waals surface area contributed by atoms with Gasteiger partial charge in [0, 0.05) is 36.3 Å². The molecule has 1 amide bonds. The summed E-state index contributed by atoms with van der Waals surface area (Å²) in [5.41, 5.74) is 3.53. The molecule has 0 radical (unpaired) electrons. The van der Waals surface area contributed by atoms with Crippen LogP contribution in [-0.2, 0) is 7.05 Å². The van der Waals surface area contributed by atoms with Crippen molar-refractivity contribution in [3.63, 3.8) is 0 Å². The van der Waals surface area contributed by atoms with Crippen LogP contribution in [0.1, 0.15) is 39.9 Å². The van der Waals surface area contributed by atoms with E-state index in [-0.39, 0.29) is 11.9 Å². The van der Waals surface area contributed by atoms with Crippen LogP contribution in [-0.4, -0.2) is 41.1 Å². The zero-order chi connectivity index (χ0) is 20.5. The maximum absolute atomic E-state index is 13.5. The Kier molecular flexibility index (Phi) is 5.32. The largest absolute Gasteiger partial charge is 0.497 e. The van der Waals surface area contributed by atoms with Gasteiger partial charge in [0.15, 0.2) is 0 Å². The zero-order valence-corrected chi connectivity index (χ0v) is 18.0. The van der Waals surface area contributed by atoms with E-state index in [1.807, 2.05) is 59.3 Å². The lowest BCUT2D eigenvalue weighted by molar-refractivity contribution is 0.0724. The number of rotatable bonds is 5. The van der Waals surface area contributed by atoms with Gasteiger partial charge in [-0.15, -0.1) is 11.3 Å². The van der Waals surface area contributed by atoms with Gasteiger partial charge in [0.25, 0.3) is 5.91 Å². The van der Waals surface area contributed by atoms with Crippen LogP contribution in [0.5, 0.6) is 11.5 Å². The van der Waals surface area contributed by atoms with E-state index >= 15 is 0 Å². The summed E-state index contributed by atoms with van der Waals surface area (Å²) < 4.78 is 12.9. The van der Waals surface area contributed by atoms with Gasteiger partial charge in [-0.3, -0.25) is 4.79 Å². The van der Waals surface area contributed by atoms with Crippen molar-refractivity contribution in [1.29, 1.82) is 0 Å². The fourth-order valence-corrected chi connectivity index (χ4v) is 4.62. The smallest absolute Gasteiger partial charge is 0.271 e. The molecular formula is C22H25N3O3S. The number of aryl methyl sites for hydroxylation is 2. The number of hydrogen-bond donors (Lipinski definition) is 0. The molecule has 6 nitrogen and oxygen atoms in total. The summed E-state index contributed by atoms with van der Waals surface area (Å²) in [6.07, 6.45) is 3.83. The Bertz CT molecular complexity index is 1040. The summed E-state index contributed by atoms with van der Waals surface area (Å²) in [7, 11) is 5.22. The molecule has 1 atom stereocenters. The fraction of sp³-hybridized carbons (Fsp3) is 0.364. The molecule has 0 saturated carbocycles. The topological polar surface area (TPSA) is 56.6 Å². The number of carbonyl (C=O) groups is 1. The third-order valence-electron chi connectivity index (χ3n) is 5.45. The number of methoxy groups -OCH3 is 2. The highest BCUT2D eigenvalue weighted by molar-refractivity contribution is 7.09. The Morgan fingerprint density at radius 1 is 1.24 bits per heavy atom. The molecule has 4 rings (SSSR count). The maximum Gasteiger partial charge on any atom is 0.271 e. The zero-order valence-electron chi connectivity index (χ0n) is 17.1. The SMILES string of the molecule is COc1ccc(OC)c([C@H]2CCCN2C(=O)c2cc(-c3csc(C)n3)cn2C)c1. The molecule has 7 heteroatoms. The van der Waals surface area contributed by atoms with Gasteiger partial charge in [0.2, 0.25) is 0 Å².